The van der Waals surface area contributed by atoms with Crippen LogP contribution in [0.5, 0.6) is 0 Å². The fourth-order valence-corrected chi connectivity index (χ4v) is 7.69. The van der Waals surface area contributed by atoms with Crippen molar-refractivity contribution in [2.24, 2.45) is 11.1 Å². The number of oxime groups is 1. The van der Waals surface area contributed by atoms with Crippen molar-refractivity contribution < 1.29 is 49.2 Å². The van der Waals surface area contributed by atoms with Crippen molar-refractivity contribution in [3.8, 4) is 0 Å². The number of aromatic nitrogens is 1. The Morgan fingerprint density at radius 3 is 2.58 bits per heavy atom. The number of allylic oxidation sites excluding steroid dienone is 2. The third kappa shape index (κ3) is 5.98. The molecule has 1 aromatic heterocycles. The number of aliphatic carboxylic acids is 2. The number of thioether (sulfide) groups is 1. The van der Waals surface area contributed by atoms with E-state index in [0.717, 1.165) is 16.2 Å². The highest BCUT2D eigenvalue weighted by Gasteiger charge is 2.55. The van der Waals surface area contributed by atoms with Crippen molar-refractivity contribution >= 4 is 79.5 Å². The van der Waals surface area contributed by atoms with Gasteiger partial charge in [-0.15, -0.1) is 23.1 Å². The second-order valence-electron chi connectivity index (χ2n) is 11.0. The lowest BCUT2D eigenvalue weighted by molar-refractivity contribution is -0.161. The van der Waals surface area contributed by atoms with Crippen LogP contribution in [0.2, 0.25) is 0 Å². The minimum absolute atomic E-state index is 0.0169. The number of thiazole rings is 1. The van der Waals surface area contributed by atoms with Gasteiger partial charge >= 0.3 is 11.9 Å². The largest absolute Gasteiger partial charge is 0.508 e. The number of nitrogens with two attached hydrogens (primary N) is 1. The second kappa shape index (κ2) is 12.0. The van der Waals surface area contributed by atoms with Gasteiger partial charge in [0.05, 0.1) is 4.48 Å². The summed E-state index contributed by atoms with van der Waals surface area (Å²) >= 11 is 5.47. The number of nitrogen functional groups attached to an aromatic ring is 1. The van der Waals surface area contributed by atoms with E-state index in [1.54, 1.807) is 0 Å². The third-order valence-corrected chi connectivity index (χ3v) is 10.5. The molecule has 3 amide bonds. The molecule has 0 bridgehead atoms. The fourth-order valence-electron chi connectivity index (χ4n) is 5.13. The molecule has 4 aliphatic rings. The van der Waals surface area contributed by atoms with Gasteiger partial charge in [-0.2, -0.15) is 0 Å². The minimum atomic E-state index is -1.80. The fraction of sp³-hybridized carbons (Fsp3) is 0.423. The van der Waals surface area contributed by atoms with Gasteiger partial charge < -0.3 is 41.2 Å². The molecule has 1 aromatic rings. The van der Waals surface area contributed by atoms with E-state index in [1.807, 2.05) is 0 Å². The molecule has 0 radical (unpaired) electrons. The smallest absolute Gasteiger partial charge is 0.352 e. The van der Waals surface area contributed by atoms with Crippen LogP contribution in [-0.4, -0.2) is 106 Å². The zero-order valence-corrected chi connectivity index (χ0v) is 26.9. The Kier molecular flexibility index (Phi) is 8.62. The van der Waals surface area contributed by atoms with Crippen LogP contribution >= 0.6 is 39.0 Å². The summed E-state index contributed by atoms with van der Waals surface area (Å²) in [7, 11) is 0. The van der Waals surface area contributed by atoms with E-state index in [-0.39, 0.29) is 76.0 Å². The molecule has 4 heterocycles. The van der Waals surface area contributed by atoms with Crippen LogP contribution in [0.3, 0.4) is 0 Å². The summed E-state index contributed by atoms with van der Waals surface area (Å²) in [5, 5.41) is 46.5. The molecule has 3 aliphatic heterocycles. The van der Waals surface area contributed by atoms with Gasteiger partial charge in [0.1, 0.15) is 28.6 Å². The van der Waals surface area contributed by atoms with E-state index in [1.165, 1.54) is 35.9 Å². The number of likely N-dealkylation sites (tertiary alicyclic amines) is 1. The molecule has 2 unspecified atom stereocenters. The number of nitrogens with zero attached hydrogens (tertiary/aromatic N) is 4. The summed E-state index contributed by atoms with van der Waals surface area (Å²) in [4.78, 5) is 75.0. The number of piperidine rings is 1. The van der Waals surface area contributed by atoms with Crippen LogP contribution in [-0.2, 0) is 28.8 Å². The van der Waals surface area contributed by atoms with E-state index in [9.17, 15) is 44.4 Å². The maximum atomic E-state index is 13.3. The number of carboxylic acids is 2. The number of nitrogens with one attached hydrogen (secondary N) is 1. The first-order valence-electron chi connectivity index (χ1n) is 13.3. The number of fused-ring (bicyclic) bond motifs is 2. The van der Waals surface area contributed by atoms with Gasteiger partial charge in [-0.3, -0.25) is 19.3 Å². The molecule has 19 heteroatoms. The first kappa shape index (κ1) is 32.3. The van der Waals surface area contributed by atoms with Crippen LogP contribution < -0.4 is 11.1 Å². The second-order valence-corrected chi connectivity index (χ2v) is 13.8. The number of carboxylic acid groups (broad SMARTS) is 2. The topological polar surface area (TPSA) is 245 Å². The van der Waals surface area contributed by atoms with Gasteiger partial charge in [0.2, 0.25) is 11.5 Å². The molecule has 16 nitrogen and oxygen atoms in total. The average molecular weight is 728 g/mol. The number of anilines is 1. The number of carbonyl (C=O) groups excluding carboxylic acids is 3. The number of aliphatic hydroxyl groups excluding tert-OH is 2. The monoisotopic (exact) mass is 726 g/mol. The summed E-state index contributed by atoms with van der Waals surface area (Å²) in [5.41, 5.74) is 4.15. The Hall–Kier alpha value is -4.10. The first-order chi connectivity index (χ1) is 21.1. The standard InChI is InChI=1S/C26H27BrN6O10S2/c1-26(2,24(41)42)43-31-16(12-8-45-25(28)29-12)20(37)30-17-21(38)33-18(23(39)40)10(7-44-22(17)33)5-32-6-11-9(4-14(32)35)3-13(34)19(36)15(11)27/h8-9,17,22,34,36H,3-7H2,1-2H3,(H2,28,29)(H,30,37)(H,39,40)(H,41,42)/b31-16-/t9?,17?,22-/m0/s1. The molecule has 3 atom stereocenters. The Morgan fingerprint density at radius 2 is 1.96 bits per heavy atom. The van der Waals surface area contributed by atoms with E-state index in [2.05, 4.69) is 31.4 Å². The van der Waals surface area contributed by atoms with Gasteiger partial charge in [-0.05, 0) is 46.8 Å². The number of halogens is 1. The predicted molar refractivity (Wildman–Crippen MR) is 163 cm³/mol. The molecule has 0 aromatic carbocycles. The lowest BCUT2D eigenvalue weighted by Gasteiger charge is -2.50. The van der Waals surface area contributed by atoms with E-state index in [4.69, 9.17) is 10.6 Å². The molecule has 45 heavy (non-hydrogen) atoms. The van der Waals surface area contributed by atoms with Gasteiger partial charge in [0.15, 0.2) is 16.6 Å². The molecule has 2 fully saturated rings. The average Bonchev–Trinajstić information content (AvgIpc) is 3.40. The molecule has 0 saturated carbocycles. The van der Waals surface area contributed by atoms with Crippen LogP contribution in [0.25, 0.3) is 0 Å². The molecule has 1 aliphatic carbocycles. The number of amides is 3. The number of hydrogen-bond donors (Lipinski definition) is 6. The Balaban J connectivity index is 1.35. The number of aliphatic hydroxyl groups is 2. The molecule has 240 valence electrons. The predicted octanol–water partition coefficient (Wildman–Crippen LogP) is 1.28. The van der Waals surface area contributed by atoms with Gasteiger partial charge in [0, 0.05) is 37.1 Å². The van der Waals surface area contributed by atoms with Crippen molar-refractivity contribution in [3.05, 3.63) is 43.9 Å². The van der Waals surface area contributed by atoms with Gasteiger partial charge in [-0.25, -0.2) is 14.6 Å². The Labute approximate surface area is 271 Å². The van der Waals surface area contributed by atoms with Crippen molar-refractivity contribution in [2.75, 3.05) is 24.6 Å². The minimum Gasteiger partial charge on any atom is -0.508 e. The summed E-state index contributed by atoms with van der Waals surface area (Å²) in [6.07, 6.45) is 0.156. The zero-order chi connectivity index (χ0) is 33.0. The van der Waals surface area contributed by atoms with E-state index in [0.29, 0.717) is 11.1 Å². The van der Waals surface area contributed by atoms with Crippen LogP contribution in [0.1, 0.15) is 32.4 Å². The molecule has 7 N–H and O–H groups in total. The summed E-state index contributed by atoms with van der Waals surface area (Å²) < 4.78 is 0.288. The van der Waals surface area contributed by atoms with Crippen LogP contribution in [0.15, 0.2) is 43.4 Å². The highest BCUT2D eigenvalue weighted by Crippen LogP contribution is 2.43. The first-order valence-corrected chi connectivity index (χ1v) is 16.0. The number of rotatable bonds is 9. The van der Waals surface area contributed by atoms with Gasteiger partial charge in [0.25, 0.3) is 11.8 Å². The lowest BCUT2D eigenvalue weighted by Crippen LogP contribution is -2.71. The van der Waals surface area contributed by atoms with Crippen LogP contribution in [0.4, 0.5) is 5.13 Å². The summed E-state index contributed by atoms with van der Waals surface area (Å²) in [5.74, 6) is -5.35. The Morgan fingerprint density at radius 1 is 1.24 bits per heavy atom. The van der Waals surface area contributed by atoms with Crippen molar-refractivity contribution in [1.82, 2.24) is 20.1 Å². The normalized spacial score (nSPS) is 23.9. The highest BCUT2D eigenvalue weighted by atomic mass is 79.9. The SMILES string of the molecule is CC(C)(O/N=C(\C(=O)NC1C(=O)N2C(C(=O)O)=C(CN3CC4=C(Br)C(O)=C(O)CC4CC3=O)CS[C@@H]12)c1csc(N)n1)C(=O)O. The molecule has 0 spiro atoms. The van der Waals surface area contributed by atoms with Crippen molar-refractivity contribution in [1.29, 1.82) is 0 Å². The number of carbonyl (C=O) groups is 5. The lowest BCUT2D eigenvalue weighted by atomic mass is 9.83. The van der Waals surface area contributed by atoms with E-state index >= 15 is 0 Å². The molecule has 2 saturated heterocycles. The summed E-state index contributed by atoms with van der Waals surface area (Å²) in [6, 6.07) is -1.16. The molecule has 5 rings (SSSR count). The maximum Gasteiger partial charge on any atom is 0.352 e. The number of hydrogen-bond acceptors (Lipinski definition) is 13. The van der Waals surface area contributed by atoms with Gasteiger partial charge in [-0.1, -0.05) is 5.16 Å². The molecular weight excluding hydrogens is 700 g/mol. The summed E-state index contributed by atoms with van der Waals surface area (Å²) in [6.45, 7) is 2.44. The molecular formula is C26H27BrN6O10S2. The van der Waals surface area contributed by atoms with Crippen molar-refractivity contribution in [2.45, 2.75) is 43.7 Å². The van der Waals surface area contributed by atoms with E-state index < -0.39 is 46.5 Å². The number of β-lactam (4-membered cyclic amide) rings is 1. The highest BCUT2D eigenvalue weighted by molar-refractivity contribution is 9.12. The quantitative estimate of drug-likeness (QED) is 0.119. The zero-order valence-electron chi connectivity index (χ0n) is 23.6. The third-order valence-electron chi connectivity index (χ3n) is 7.61. The van der Waals surface area contributed by atoms with Crippen molar-refractivity contribution in [3.63, 3.8) is 0 Å². The Bertz CT molecular complexity index is 1650. The maximum absolute atomic E-state index is 13.3. The van der Waals surface area contributed by atoms with Crippen LogP contribution in [0, 0.1) is 5.92 Å².